The lowest BCUT2D eigenvalue weighted by Crippen LogP contribution is -2.36. The van der Waals surface area contributed by atoms with E-state index in [1.807, 2.05) is 11.6 Å². The summed E-state index contributed by atoms with van der Waals surface area (Å²) < 4.78 is 12.9. The highest BCUT2D eigenvalue weighted by Crippen LogP contribution is 2.27. The van der Waals surface area contributed by atoms with Crippen LogP contribution in [0.1, 0.15) is 22.4 Å². The minimum atomic E-state index is -0.698. The van der Waals surface area contributed by atoms with Gasteiger partial charge >= 0.3 is 0 Å². The average Bonchev–Trinajstić information content (AvgIpc) is 3.46. The second kappa shape index (κ2) is 9.50. The maximum absolute atomic E-state index is 12.8. The summed E-state index contributed by atoms with van der Waals surface area (Å²) >= 11 is 6.02. The highest BCUT2D eigenvalue weighted by molar-refractivity contribution is 6.31. The third-order valence-corrected chi connectivity index (χ3v) is 6.30. The summed E-state index contributed by atoms with van der Waals surface area (Å²) in [4.78, 5) is 19.6. The molecule has 34 heavy (non-hydrogen) atoms. The molecule has 0 aliphatic carbocycles. The molecule has 1 aliphatic heterocycles. The summed E-state index contributed by atoms with van der Waals surface area (Å²) in [5, 5.41) is 14.1. The van der Waals surface area contributed by atoms with Crippen LogP contribution in [-0.2, 0) is 11.8 Å². The summed E-state index contributed by atoms with van der Waals surface area (Å²) in [6, 6.07) is 14.4. The molecule has 0 unspecified atom stereocenters. The third-order valence-electron chi connectivity index (χ3n) is 6.07. The first-order chi connectivity index (χ1) is 16.5. The van der Waals surface area contributed by atoms with E-state index in [1.54, 1.807) is 30.5 Å². The second-order valence-corrected chi connectivity index (χ2v) is 8.64. The Morgan fingerprint density at radius 3 is 2.68 bits per heavy atom. The molecular formula is C25H25ClN4O4. The fraction of sp³-hybridized carbons (Fsp3) is 0.280. The van der Waals surface area contributed by atoms with E-state index in [4.69, 9.17) is 20.8 Å². The Hall–Kier alpha value is -3.33. The van der Waals surface area contributed by atoms with E-state index in [0.717, 1.165) is 48.6 Å². The fourth-order valence-corrected chi connectivity index (χ4v) is 4.41. The smallest absolute Gasteiger partial charge is 0.287 e. The van der Waals surface area contributed by atoms with E-state index in [9.17, 15) is 9.90 Å². The van der Waals surface area contributed by atoms with E-state index < -0.39 is 11.9 Å². The van der Waals surface area contributed by atoms with Crippen LogP contribution in [0.25, 0.3) is 22.2 Å². The van der Waals surface area contributed by atoms with Gasteiger partial charge in [-0.25, -0.2) is 4.98 Å². The number of rotatable bonds is 6. The van der Waals surface area contributed by atoms with Gasteiger partial charge in [0, 0.05) is 36.2 Å². The molecule has 8 nitrogen and oxygen atoms in total. The van der Waals surface area contributed by atoms with Crippen molar-refractivity contribution < 1.29 is 19.1 Å². The van der Waals surface area contributed by atoms with Crippen molar-refractivity contribution in [3.63, 3.8) is 0 Å². The van der Waals surface area contributed by atoms with Crippen LogP contribution in [0.5, 0.6) is 0 Å². The first-order valence-electron chi connectivity index (χ1n) is 11.1. The number of anilines is 1. The molecule has 2 aromatic carbocycles. The van der Waals surface area contributed by atoms with Gasteiger partial charge in [0.05, 0.1) is 31.7 Å². The molecule has 1 aliphatic rings. The quantitative estimate of drug-likeness (QED) is 0.436. The Labute approximate surface area is 201 Å². The van der Waals surface area contributed by atoms with Crippen LogP contribution in [0.15, 0.2) is 59.1 Å². The third kappa shape index (κ3) is 4.40. The molecule has 5 rings (SSSR count). The highest BCUT2D eigenvalue weighted by Gasteiger charge is 2.23. The number of furan rings is 1. The molecular weight excluding hydrogens is 456 g/mol. The minimum absolute atomic E-state index is 0.142. The number of halogens is 1. The number of imidazole rings is 1. The number of carbonyl (C=O) groups is 1. The molecule has 2 aromatic heterocycles. The zero-order valence-electron chi connectivity index (χ0n) is 18.7. The minimum Gasteiger partial charge on any atom is -0.451 e. The first-order valence-corrected chi connectivity index (χ1v) is 11.5. The van der Waals surface area contributed by atoms with Crippen molar-refractivity contribution in [2.75, 3.05) is 37.8 Å². The van der Waals surface area contributed by atoms with Crippen LogP contribution in [0.3, 0.4) is 0 Å². The largest absolute Gasteiger partial charge is 0.451 e. The van der Waals surface area contributed by atoms with Crippen LogP contribution in [0.2, 0.25) is 5.02 Å². The number of benzene rings is 2. The number of nitrogens with one attached hydrogen (secondary N) is 1. The van der Waals surface area contributed by atoms with E-state index in [1.165, 1.54) is 0 Å². The number of aliphatic hydroxyl groups excluding tert-OH is 1. The maximum Gasteiger partial charge on any atom is 0.287 e. The summed E-state index contributed by atoms with van der Waals surface area (Å²) in [6.45, 7) is 2.93. The summed E-state index contributed by atoms with van der Waals surface area (Å²) in [5.41, 5.74) is 3.60. The lowest BCUT2D eigenvalue weighted by molar-refractivity contribution is 0.0886. The zero-order chi connectivity index (χ0) is 23.7. The molecule has 0 radical (unpaired) electrons. The normalized spacial score (nSPS) is 15.0. The van der Waals surface area contributed by atoms with E-state index in [-0.39, 0.29) is 12.4 Å². The lowest BCUT2D eigenvalue weighted by atomic mass is 10.1. The Morgan fingerprint density at radius 1 is 1.18 bits per heavy atom. The van der Waals surface area contributed by atoms with Crippen molar-refractivity contribution in [2.24, 2.45) is 7.05 Å². The number of fused-ring (bicyclic) bond motifs is 1. The molecule has 1 saturated heterocycles. The highest BCUT2D eigenvalue weighted by atomic mass is 35.5. The Balaban J connectivity index is 1.33. The molecule has 3 heterocycles. The standard InChI is InChI=1S/C25H25ClN4O4/c1-29-21(16-2-5-19(6-3-16)30-8-10-33-11-9-30)14-27-24(29)20(15-31)28-25(32)23-13-17-12-18(26)4-7-22(17)34-23/h2-7,12-14,20,31H,8-11,15H2,1H3,(H,28,32)/t20-/m0/s1. The number of morpholine rings is 1. The number of aromatic nitrogens is 2. The summed E-state index contributed by atoms with van der Waals surface area (Å²) in [6.07, 6.45) is 1.75. The number of ether oxygens (including phenoxy) is 1. The lowest BCUT2D eigenvalue weighted by Gasteiger charge is -2.28. The first kappa shape index (κ1) is 22.5. The van der Waals surface area contributed by atoms with Gasteiger partial charge in [-0.05, 0) is 42.0 Å². The number of nitrogens with zero attached hydrogens (tertiary/aromatic N) is 3. The van der Waals surface area contributed by atoms with Crippen LogP contribution in [0, 0.1) is 0 Å². The number of hydrogen-bond acceptors (Lipinski definition) is 6. The average molecular weight is 481 g/mol. The number of hydrogen-bond donors (Lipinski definition) is 2. The maximum atomic E-state index is 12.8. The van der Waals surface area contributed by atoms with Gasteiger partial charge in [0.25, 0.3) is 5.91 Å². The molecule has 1 fully saturated rings. The molecule has 0 bridgehead atoms. The van der Waals surface area contributed by atoms with Gasteiger partial charge in [-0.15, -0.1) is 0 Å². The fourth-order valence-electron chi connectivity index (χ4n) is 4.23. The van der Waals surface area contributed by atoms with Gasteiger partial charge in [0.15, 0.2) is 5.76 Å². The van der Waals surface area contributed by atoms with Crippen LogP contribution in [0.4, 0.5) is 5.69 Å². The predicted octanol–water partition coefficient (Wildman–Crippen LogP) is 3.79. The molecule has 4 aromatic rings. The Kier molecular flexibility index (Phi) is 6.28. The SMILES string of the molecule is Cn1c(-c2ccc(N3CCOCC3)cc2)cnc1[C@H](CO)NC(=O)c1cc2cc(Cl)ccc2o1. The Morgan fingerprint density at radius 2 is 1.94 bits per heavy atom. The van der Waals surface area contributed by atoms with Crippen molar-refractivity contribution in [3.8, 4) is 11.3 Å². The number of amides is 1. The van der Waals surface area contributed by atoms with Gasteiger partial charge in [-0.3, -0.25) is 4.79 Å². The van der Waals surface area contributed by atoms with Gasteiger partial charge in [0.2, 0.25) is 0 Å². The van der Waals surface area contributed by atoms with Crippen LogP contribution < -0.4 is 10.2 Å². The van der Waals surface area contributed by atoms with E-state index in [2.05, 4.69) is 39.5 Å². The van der Waals surface area contributed by atoms with Crippen LogP contribution >= 0.6 is 11.6 Å². The van der Waals surface area contributed by atoms with Crippen molar-refractivity contribution in [3.05, 3.63) is 71.3 Å². The van der Waals surface area contributed by atoms with Gasteiger partial charge in [0.1, 0.15) is 17.4 Å². The molecule has 1 amide bonds. The molecule has 1 atom stereocenters. The molecule has 2 N–H and O–H groups in total. The topological polar surface area (TPSA) is 92.8 Å². The van der Waals surface area contributed by atoms with Gasteiger partial charge in [-0.2, -0.15) is 0 Å². The molecule has 9 heteroatoms. The molecule has 0 spiro atoms. The predicted molar refractivity (Wildman–Crippen MR) is 130 cm³/mol. The van der Waals surface area contributed by atoms with Crippen molar-refractivity contribution in [2.45, 2.75) is 6.04 Å². The second-order valence-electron chi connectivity index (χ2n) is 8.21. The van der Waals surface area contributed by atoms with E-state index in [0.29, 0.717) is 16.4 Å². The van der Waals surface area contributed by atoms with Crippen molar-refractivity contribution in [1.82, 2.24) is 14.9 Å². The summed E-state index contributed by atoms with van der Waals surface area (Å²) in [5.74, 6) is 0.247. The van der Waals surface area contributed by atoms with Gasteiger partial charge < -0.3 is 29.0 Å². The molecule has 176 valence electrons. The number of aliphatic hydroxyl groups is 1. The van der Waals surface area contributed by atoms with Gasteiger partial charge in [-0.1, -0.05) is 23.7 Å². The summed E-state index contributed by atoms with van der Waals surface area (Å²) in [7, 11) is 1.87. The Bertz CT molecular complexity index is 1310. The van der Waals surface area contributed by atoms with Crippen LogP contribution in [-0.4, -0.2) is 53.5 Å². The molecule has 0 saturated carbocycles. The van der Waals surface area contributed by atoms with E-state index >= 15 is 0 Å². The number of carbonyl (C=O) groups excluding carboxylic acids is 1. The van der Waals surface area contributed by atoms with Crippen molar-refractivity contribution in [1.29, 1.82) is 0 Å². The zero-order valence-corrected chi connectivity index (χ0v) is 19.5. The monoisotopic (exact) mass is 480 g/mol. The van der Waals surface area contributed by atoms with Crippen molar-refractivity contribution >= 4 is 34.2 Å².